The molecule has 6 rings (SSSR count). The molecular formula is C28H24Br2N12O6S2. The van der Waals surface area contributed by atoms with Gasteiger partial charge in [-0.2, -0.15) is 4.80 Å². The third-order valence-corrected chi connectivity index (χ3v) is 10.5. The number of methoxy groups -OCH3 is 2. The number of tetrazole rings is 2. The standard InChI is InChI=1S/C28H24Br2N12O6S2/c1-47-17-7-3-15(4-8-17)14-41-26(36-38-40-41)22-23(30)19(13-34-28(22)50(32,45)46)24(16-5-9-18(48-2)10-6-16)42-37-25(35-39-42)21-20(29)11-12-33-27(21)49(31,43)44/h3-13,24H,14H2,1-2H3,(H2,31,43,44)(H2,32,45,46). The van der Waals surface area contributed by atoms with E-state index >= 15 is 0 Å². The number of aromatic nitrogens is 10. The van der Waals surface area contributed by atoms with Crippen molar-refractivity contribution in [2.75, 3.05) is 14.2 Å². The van der Waals surface area contributed by atoms with E-state index < -0.39 is 36.1 Å². The quantitative estimate of drug-likeness (QED) is 0.190. The van der Waals surface area contributed by atoms with Crippen molar-refractivity contribution >= 4 is 51.9 Å². The largest absolute Gasteiger partial charge is 0.497 e. The normalized spacial score (nSPS) is 12.5. The minimum atomic E-state index is -4.43. The first kappa shape index (κ1) is 35.1. The number of primary sulfonamides is 2. The van der Waals surface area contributed by atoms with Gasteiger partial charge in [-0.3, -0.25) is 0 Å². The highest BCUT2D eigenvalue weighted by Crippen LogP contribution is 2.40. The first-order chi connectivity index (χ1) is 23.8. The molecule has 22 heteroatoms. The Bertz CT molecular complexity index is 2420. The van der Waals surface area contributed by atoms with Crippen LogP contribution < -0.4 is 19.8 Å². The lowest BCUT2D eigenvalue weighted by atomic mass is 9.99. The second kappa shape index (κ2) is 13.9. The maximum absolute atomic E-state index is 12.9. The van der Waals surface area contributed by atoms with E-state index in [2.05, 4.69) is 72.8 Å². The Labute approximate surface area is 301 Å². The van der Waals surface area contributed by atoms with Crippen molar-refractivity contribution in [2.45, 2.75) is 22.6 Å². The molecule has 1 atom stereocenters. The van der Waals surface area contributed by atoms with Crippen LogP contribution in [-0.4, -0.2) is 81.4 Å². The van der Waals surface area contributed by atoms with Crippen LogP contribution in [0.2, 0.25) is 0 Å². The van der Waals surface area contributed by atoms with Crippen LogP contribution in [0.5, 0.6) is 11.5 Å². The topological polar surface area (TPSA) is 252 Å². The van der Waals surface area contributed by atoms with Crippen LogP contribution in [0.3, 0.4) is 0 Å². The first-order valence-electron chi connectivity index (χ1n) is 14.0. The first-order valence-corrected chi connectivity index (χ1v) is 18.7. The van der Waals surface area contributed by atoms with Crippen molar-refractivity contribution in [3.63, 3.8) is 0 Å². The number of hydrogen-bond acceptors (Lipinski definition) is 14. The van der Waals surface area contributed by atoms with Crippen LogP contribution in [0.4, 0.5) is 0 Å². The summed E-state index contributed by atoms with van der Waals surface area (Å²) in [6.45, 7) is 0.148. The van der Waals surface area contributed by atoms with Gasteiger partial charge >= 0.3 is 0 Å². The van der Waals surface area contributed by atoms with Gasteiger partial charge in [-0.15, -0.1) is 15.3 Å². The molecule has 4 heterocycles. The fraction of sp³-hybridized carbons (Fsp3) is 0.143. The molecule has 0 fully saturated rings. The number of sulfonamides is 2. The van der Waals surface area contributed by atoms with E-state index in [4.69, 9.17) is 19.8 Å². The molecule has 0 saturated carbocycles. The summed E-state index contributed by atoms with van der Waals surface area (Å²) in [5.41, 5.74) is 1.63. The highest BCUT2D eigenvalue weighted by Gasteiger charge is 2.32. The molecule has 1 unspecified atom stereocenters. The van der Waals surface area contributed by atoms with E-state index in [1.165, 1.54) is 35.0 Å². The summed E-state index contributed by atoms with van der Waals surface area (Å²) in [5.74, 6) is 1.11. The predicted molar refractivity (Wildman–Crippen MR) is 183 cm³/mol. The average Bonchev–Trinajstić information content (AvgIpc) is 3.75. The van der Waals surface area contributed by atoms with Crippen LogP contribution in [0, 0.1) is 0 Å². The monoisotopic (exact) mass is 846 g/mol. The van der Waals surface area contributed by atoms with E-state index in [1.807, 2.05) is 12.1 Å². The number of ether oxygens (including phenoxy) is 2. The summed E-state index contributed by atoms with van der Waals surface area (Å²) in [4.78, 5) is 9.40. The lowest BCUT2D eigenvalue weighted by Gasteiger charge is -2.20. The Kier molecular flexibility index (Phi) is 9.74. The molecule has 0 radical (unpaired) electrons. The van der Waals surface area contributed by atoms with Gasteiger partial charge in [0.05, 0.1) is 31.9 Å². The molecule has 4 aromatic heterocycles. The summed E-state index contributed by atoms with van der Waals surface area (Å²) in [6, 6.07) is 14.6. The smallest absolute Gasteiger partial charge is 0.256 e. The number of rotatable bonds is 11. The van der Waals surface area contributed by atoms with Crippen LogP contribution in [-0.2, 0) is 26.6 Å². The van der Waals surface area contributed by atoms with Gasteiger partial charge in [0, 0.05) is 26.9 Å². The Balaban J connectivity index is 1.55. The van der Waals surface area contributed by atoms with Gasteiger partial charge in [0.15, 0.2) is 15.9 Å². The molecule has 0 aliphatic heterocycles. The van der Waals surface area contributed by atoms with Gasteiger partial charge in [-0.25, -0.2) is 41.8 Å². The zero-order chi connectivity index (χ0) is 35.8. The highest BCUT2D eigenvalue weighted by molar-refractivity contribution is 9.11. The second-order valence-electron chi connectivity index (χ2n) is 10.4. The van der Waals surface area contributed by atoms with Gasteiger partial charge in [-0.05, 0) is 89.0 Å². The molecule has 0 amide bonds. The average molecular weight is 849 g/mol. The minimum absolute atomic E-state index is 0.0186. The van der Waals surface area contributed by atoms with Crippen molar-refractivity contribution < 1.29 is 26.3 Å². The molecule has 0 bridgehead atoms. The molecule has 2 aromatic carbocycles. The molecule has 0 aliphatic rings. The zero-order valence-corrected chi connectivity index (χ0v) is 30.6. The third kappa shape index (κ3) is 6.97. The van der Waals surface area contributed by atoms with Crippen LogP contribution in [0.1, 0.15) is 22.7 Å². The zero-order valence-electron chi connectivity index (χ0n) is 25.8. The Morgan fingerprint density at radius 3 is 2.04 bits per heavy atom. The fourth-order valence-electron chi connectivity index (χ4n) is 4.98. The van der Waals surface area contributed by atoms with Crippen LogP contribution >= 0.6 is 31.9 Å². The minimum Gasteiger partial charge on any atom is -0.497 e. The molecule has 0 saturated heterocycles. The number of hydrogen-bond donors (Lipinski definition) is 2. The van der Waals surface area contributed by atoms with Gasteiger partial charge in [-0.1, -0.05) is 24.3 Å². The Morgan fingerprint density at radius 2 is 1.42 bits per heavy atom. The van der Waals surface area contributed by atoms with Gasteiger partial charge < -0.3 is 9.47 Å². The molecule has 18 nitrogen and oxygen atoms in total. The Morgan fingerprint density at radius 1 is 0.800 bits per heavy atom. The fourth-order valence-corrected chi connectivity index (χ4v) is 7.78. The van der Waals surface area contributed by atoms with Gasteiger partial charge in [0.2, 0.25) is 5.82 Å². The van der Waals surface area contributed by atoms with E-state index in [0.29, 0.717) is 27.1 Å². The maximum Gasteiger partial charge on any atom is 0.256 e. The molecule has 0 aliphatic carbocycles. The molecule has 50 heavy (non-hydrogen) atoms. The summed E-state index contributed by atoms with van der Waals surface area (Å²) in [5, 5.41) is 35.1. The van der Waals surface area contributed by atoms with E-state index in [-0.39, 0.29) is 33.8 Å². The second-order valence-corrected chi connectivity index (χ2v) is 15.0. The molecular weight excluding hydrogens is 824 g/mol. The summed E-state index contributed by atoms with van der Waals surface area (Å²) in [6.07, 6.45) is 2.55. The molecule has 0 spiro atoms. The SMILES string of the molecule is COc1ccc(Cn2nnnc2-c2c(S(N)(=O)=O)ncc(C(c3ccc(OC)cc3)n3nnc(-c4c(Br)ccnc4S(N)(=O)=O)n3)c2Br)cc1. The van der Waals surface area contributed by atoms with Crippen molar-refractivity contribution in [2.24, 2.45) is 10.3 Å². The lowest BCUT2D eigenvalue weighted by Crippen LogP contribution is -2.21. The van der Waals surface area contributed by atoms with Gasteiger partial charge in [0.25, 0.3) is 20.0 Å². The number of benzene rings is 2. The Hall–Kier alpha value is -4.74. The summed E-state index contributed by atoms with van der Waals surface area (Å²) < 4.78 is 63.1. The summed E-state index contributed by atoms with van der Waals surface area (Å²) >= 11 is 6.93. The highest BCUT2D eigenvalue weighted by atomic mass is 79.9. The number of nitrogens with two attached hydrogens (primary N) is 2. The van der Waals surface area contributed by atoms with Crippen LogP contribution in [0.15, 0.2) is 86.0 Å². The van der Waals surface area contributed by atoms with Crippen molar-refractivity contribution in [1.82, 2.24) is 50.4 Å². The predicted octanol–water partition coefficient (Wildman–Crippen LogP) is 2.31. The van der Waals surface area contributed by atoms with Crippen molar-refractivity contribution in [3.05, 3.63) is 92.6 Å². The third-order valence-electron chi connectivity index (χ3n) is 7.27. The number of nitrogens with zero attached hydrogens (tertiary/aromatic N) is 10. The molecule has 4 N–H and O–H groups in total. The van der Waals surface area contributed by atoms with Crippen LogP contribution in [0.25, 0.3) is 22.8 Å². The maximum atomic E-state index is 12.9. The lowest BCUT2D eigenvalue weighted by molar-refractivity contribution is 0.414. The summed E-state index contributed by atoms with van der Waals surface area (Å²) in [7, 11) is -5.66. The van der Waals surface area contributed by atoms with E-state index in [1.54, 1.807) is 43.5 Å². The van der Waals surface area contributed by atoms with Crippen molar-refractivity contribution in [3.8, 4) is 34.3 Å². The van der Waals surface area contributed by atoms with E-state index in [0.717, 1.165) is 5.56 Å². The number of halogens is 2. The van der Waals surface area contributed by atoms with Crippen molar-refractivity contribution in [1.29, 1.82) is 0 Å². The number of pyridine rings is 2. The van der Waals surface area contributed by atoms with E-state index in [9.17, 15) is 16.8 Å². The molecule has 6 aromatic rings. The molecule has 258 valence electrons. The van der Waals surface area contributed by atoms with Gasteiger partial charge in [0.1, 0.15) is 17.5 Å².